The first-order chi connectivity index (χ1) is 7.29. The van der Waals surface area contributed by atoms with Gasteiger partial charge in [0.1, 0.15) is 17.7 Å². The number of benzene rings is 1. The molecule has 0 spiro atoms. The Labute approximate surface area is 87.1 Å². The van der Waals surface area contributed by atoms with Gasteiger partial charge in [-0.15, -0.1) is 0 Å². The molecule has 0 saturated carbocycles. The third-order valence-electron chi connectivity index (χ3n) is 2.91. The van der Waals surface area contributed by atoms with E-state index in [2.05, 4.69) is 9.55 Å². The molecule has 2 heterocycles. The first kappa shape index (κ1) is 8.73. The van der Waals surface area contributed by atoms with Crippen LogP contribution in [-0.2, 0) is 6.54 Å². The number of nitrogens with zero attached hydrogens (tertiary/aromatic N) is 2. The number of methoxy groups -OCH3 is 1. The van der Waals surface area contributed by atoms with Gasteiger partial charge in [0.05, 0.1) is 18.1 Å². The molecule has 1 N–H and O–H groups in total. The first-order valence-electron chi connectivity index (χ1n) is 5.02. The number of aromatic nitrogens is 2. The summed E-state index contributed by atoms with van der Waals surface area (Å²) in [5, 5.41) is 9.69. The molecule has 3 rings (SSSR count). The molecule has 4 nitrogen and oxygen atoms in total. The number of hydrogen-bond acceptors (Lipinski definition) is 3. The van der Waals surface area contributed by atoms with Gasteiger partial charge in [-0.05, 0) is 18.6 Å². The minimum absolute atomic E-state index is 0.414. The number of ether oxygens (including phenoxy) is 1. The van der Waals surface area contributed by atoms with E-state index < -0.39 is 6.10 Å². The molecule has 0 aliphatic carbocycles. The van der Waals surface area contributed by atoms with E-state index >= 15 is 0 Å². The zero-order valence-corrected chi connectivity index (χ0v) is 8.47. The second-order valence-corrected chi connectivity index (χ2v) is 3.78. The van der Waals surface area contributed by atoms with Crippen molar-refractivity contribution < 1.29 is 9.84 Å². The number of aliphatic hydroxyl groups is 1. The summed E-state index contributed by atoms with van der Waals surface area (Å²) in [6, 6.07) is 5.80. The molecule has 15 heavy (non-hydrogen) atoms. The van der Waals surface area contributed by atoms with Gasteiger partial charge in [-0.25, -0.2) is 4.98 Å². The van der Waals surface area contributed by atoms with E-state index in [1.165, 1.54) is 0 Å². The van der Waals surface area contributed by atoms with E-state index in [1.54, 1.807) is 7.11 Å². The van der Waals surface area contributed by atoms with E-state index in [0.717, 1.165) is 35.6 Å². The normalized spacial score (nSPS) is 19.5. The molecule has 1 aliphatic heterocycles. The number of aliphatic hydroxyl groups excluding tert-OH is 1. The Kier molecular flexibility index (Phi) is 1.73. The fourth-order valence-corrected chi connectivity index (χ4v) is 2.13. The Morgan fingerprint density at radius 1 is 1.53 bits per heavy atom. The van der Waals surface area contributed by atoms with E-state index in [1.807, 2.05) is 18.2 Å². The van der Waals surface area contributed by atoms with Crippen LogP contribution >= 0.6 is 0 Å². The molecule has 0 saturated heterocycles. The molecule has 0 fully saturated rings. The molecular formula is C11H12N2O2. The van der Waals surface area contributed by atoms with Crippen molar-refractivity contribution in [2.45, 2.75) is 19.1 Å². The zero-order valence-electron chi connectivity index (χ0n) is 8.47. The van der Waals surface area contributed by atoms with Crippen LogP contribution in [0.1, 0.15) is 18.3 Å². The summed E-state index contributed by atoms with van der Waals surface area (Å²) in [6.07, 6.45) is 0.355. The largest absolute Gasteiger partial charge is 0.497 e. The van der Waals surface area contributed by atoms with Crippen LogP contribution in [0.5, 0.6) is 5.75 Å². The number of hydrogen-bond donors (Lipinski definition) is 1. The van der Waals surface area contributed by atoms with E-state index in [0.29, 0.717) is 0 Å². The maximum atomic E-state index is 9.69. The predicted octanol–water partition coefficient (Wildman–Crippen LogP) is 1.48. The summed E-state index contributed by atoms with van der Waals surface area (Å²) in [4.78, 5) is 4.42. The van der Waals surface area contributed by atoms with Crippen LogP contribution in [0.15, 0.2) is 18.2 Å². The average Bonchev–Trinajstić information content (AvgIpc) is 2.78. The Morgan fingerprint density at radius 2 is 2.40 bits per heavy atom. The van der Waals surface area contributed by atoms with Gasteiger partial charge >= 0.3 is 0 Å². The maximum absolute atomic E-state index is 9.69. The molecule has 1 unspecified atom stereocenters. The third kappa shape index (κ3) is 1.15. The van der Waals surface area contributed by atoms with Gasteiger partial charge in [-0.3, -0.25) is 0 Å². The molecule has 1 aliphatic rings. The van der Waals surface area contributed by atoms with Gasteiger partial charge in [0.25, 0.3) is 0 Å². The van der Waals surface area contributed by atoms with Crippen molar-refractivity contribution in [3.05, 3.63) is 24.0 Å². The molecule has 2 aromatic rings. The molecule has 0 amide bonds. The number of aryl methyl sites for hydroxylation is 1. The van der Waals surface area contributed by atoms with Crippen LogP contribution < -0.4 is 4.74 Å². The summed E-state index contributed by atoms with van der Waals surface area (Å²) in [6.45, 7) is 0.847. The van der Waals surface area contributed by atoms with Gasteiger partial charge in [0, 0.05) is 12.6 Å². The highest BCUT2D eigenvalue weighted by molar-refractivity contribution is 5.78. The van der Waals surface area contributed by atoms with Gasteiger partial charge in [-0.1, -0.05) is 0 Å². The summed E-state index contributed by atoms with van der Waals surface area (Å²) in [5.74, 6) is 1.58. The molecule has 1 aromatic carbocycles. The van der Waals surface area contributed by atoms with E-state index in [9.17, 15) is 5.11 Å². The smallest absolute Gasteiger partial charge is 0.138 e. The quantitative estimate of drug-likeness (QED) is 0.765. The zero-order chi connectivity index (χ0) is 10.4. The van der Waals surface area contributed by atoms with Crippen molar-refractivity contribution >= 4 is 11.0 Å². The minimum atomic E-state index is -0.414. The highest BCUT2D eigenvalue weighted by Crippen LogP contribution is 2.30. The Bertz CT molecular complexity index is 519. The minimum Gasteiger partial charge on any atom is -0.497 e. The van der Waals surface area contributed by atoms with E-state index in [4.69, 9.17) is 4.74 Å². The fourth-order valence-electron chi connectivity index (χ4n) is 2.13. The van der Waals surface area contributed by atoms with Crippen molar-refractivity contribution in [3.63, 3.8) is 0 Å². The number of fused-ring (bicyclic) bond motifs is 3. The molecular weight excluding hydrogens is 192 g/mol. The molecule has 1 atom stereocenters. The Hall–Kier alpha value is -1.55. The summed E-state index contributed by atoms with van der Waals surface area (Å²) < 4.78 is 7.21. The second kappa shape index (κ2) is 2.97. The molecule has 78 valence electrons. The highest BCUT2D eigenvalue weighted by atomic mass is 16.5. The lowest BCUT2D eigenvalue weighted by Crippen LogP contribution is -1.93. The maximum Gasteiger partial charge on any atom is 0.138 e. The lowest BCUT2D eigenvalue weighted by Gasteiger charge is -2.00. The Balaban J connectivity index is 2.25. The van der Waals surface area contributed by atoms with Gasteiger partial charge in [0.15, 0.2) is 0 Å². The first-order valence-corrected chi connectivity index (χ1v) is 5.02. The van der Waals surface area contributed by atoms with Crippen molar-refractivity contribution in [1.29, 1.82) is 0 Å². The third-order valence-corrected chi connectivity index (χ3v) is 2.91. The van der Waals surface area contributed by atoms with Crippen molar-refractivity contribution in [2.75, 3.05) is 7.11 Å². The van der Waals surface area contributed by atoms with Gasteiger partial charge in [0.2, 0.25) is 0 Å². The summed E-state index contributed by atoms with van der Waals surface area (Å²) in [7, 11) is 1.64. The molecule has 1 aromatic heterocycles. The van der Waals surface area contributed by atoms with Crippen LogP contribution in [-0.4, -0.2) is 21.8 Å². The highest BCUT2D eigenvalue weighted by Gasteiger charge is 2.24. The van der Waals surface area contributed by atoms with Gasteiger partial charge < -0.3 is 14.4 Å². The lowest BCUT2D eigenvalue weighted by molar-refractivity contribution is 0.176. The van der Waals surface area contributed by atoms with Crippen LogP contribution in [0.3, 0.4) is 0 Å². The molecule has 0 radical (unpaired) electrons. The van der Waals surface area contributed by atoms with Crippen LogP contribution in [0.2, 0.25) is 0 Å². The van der Waals surface area contributed by atoms with Crippen LogP contribution in [0, 0.1) is 0 Å². The Morgan fingerprint density at radius 3 is 3.20 bits per heavy atom. The van der Waals surface area contributed by atoms with Crippen molar-refractivity contribution in [2.24, 2.45) is 0 Å². The topological polar surface area (TPSA) is 47.3 Å². The van der Waals surface area contributed by atoms with Gasteiger partial charge in [-0.2, -0.15) is 0 Å². The summed E-state index contributed by atoms with van der Waals surface area (Å²) >= 11 is 0. The molecule has 4 heteroatoms. The van der Waals surface area contributed by atoms with E-state index in [-0.39, 0.29) is 0 Å². The van der Waals surface area contributed by atoms with Crippen molar-refractivity contribution in [3.8, 4) is 5.75 Å². The number of imidazole rings is 1. The SMILES string of the molecule is COc1ccc2c(c1)nc1n2CCC1O. The monoisotopic (exact) mass is 204 g/mol. The second-order valence-electron chi connectivity index (χ2n) is 3.78. The fraction of sp³-hybridized carbons (Fsp3) is 0.364. The molecule has 0 bridgehead atoms. The predicted molar refractivity (Wildman–Crippen MR) is 55.9 cm³/mol. The standard InChI is InChI=1S/C11H12N2O2/c1-15-7-2-3-9-8(6-7)12-11-10(14)4-5-13(9)11/h2-3,6,10,14H,4-5H2,1H3. The lowest BCUT2D eigenvalue weighted by atomic mass is 10.3. The summed E-state index contributed by atoms with van der Waals surface area (Å²) in [5.41, 5.74) is 1.96. The number of rotatable bonds is 1. The van der Waals surface area contributed by atoms with Crippen molar-refractivity contribution in [1.82, 2.24) is 9.55 Å². The van der Waals surface area contributed by atoms with Crippen LogP contribution in [0.4, 0.5) is 0 Å². The van der Waals surface area contributed by atoms with Crippen LogP contribution in [0.25, 0.3) is 11.0 Å². The average molecular weight is 204 g/mol.